The fraction of sp³-hybridized carbons (Fsp3) is 0.361. The first-order valence-corrected chi connectivity index (χ1v) is 19.6. The number of carboxylic acids is 2. The Morgan fingerprint density at radius 2 is 2.02 bits per heavy atom. The smallest absolute Gasteiger partial charge is 0.350 e. The maximum atomic E-state index is 13.4. The van der Waals surface area contributed by atoms with Crippen molar-refractivity contribution in [2.45, 2.75) is 62.8 Å². The van der Waals surface area contributed by atoms with Crippen LogP contribution in [0, 0.1) is 5.41 Å². The number of hydrogen-bond donors (Lipinski definition) is 6. The standard InChI is InChI=1S/C36H39N11O7S2/c1-36(2,34(52)53)54-44-26(24-18-56-35(38)42-24)30(48)43-27-31(49)47-28(33(50)51)22(17-55-32(27)47)16-45-11-9-25-21(15-45)12-40-46(25)14-19-5-7-20(8-6-19)29(37)41-23-4-3-10-39-13-23/h5-9,11-12,15,18,23,27,32,39H,3-4,10,13-14,16-17H2,1-2H3,(H6-,37,38,41,42,43,48,50,51,52,53)/t23-,27-,32-/m1/s1. The number of carboxylic acid groups (broad SMARTS) is 2. The van der Waals surface area contributed by atoms with Gasteiger partial charge in [-0.05, 0) is 38.8 Å². The quantitative estimate of drug-likeness (QED) is 0.0336. The van der Waals surface area contributed by atoms with E-state index >= 15 is 0 Å². The van der Waals surface area contributed by atoms with Gasteiger partial charge >= 0.3 is 5.97 Å². The number of rotatable bonds is 13. The van der Waals surface area contributed by atoms with Crippen LogP contribution < -0.4 is 31.4 Å². The van der Waals surface area contributed by atoms with Gasteiger partial charge in [-0.3, -0.25) is 24.6 Å². The summed E-state index contributed by atoms with van der Waals surface area (Å²) in [4.78, 5) is 61.2. The van der Waals surface area contributed by atoms with Crippen LogP contribution in [-0.2, 0) is 37.1 Å². The number of β-lactam (4-membered cyclic amide) rings is 1. The zero-order valence-electron chi connectivity index (χ0n) is 30.4. The van der Waals surface area contributed by atoms with Crippen molar-refractivity contribution < 1.29 is 38.8 Å². The topological polar surface area (TPSA) is 257 Å². The number of carbonyl (C=O) groups excluding carboxylic acids is 3. The zero-order valence-corrected chi connectivity index (χ0v) is 32.0. The number of aliphatic carboxylic acids is 2. The van der Waals surface area contributed by atoms with Crippen LogP contribution in [0.3, 0.4) is 0 Å². The number of nitrogens with zero attached hydrogens (tertiary/aromatic N) is 6. The molecule has 1 aromatic carbocycles. The number of nitrogens with two attached hydrogens (primary N) is 1. The number of thiazole rings is 1. The van der Waals surface area contributed by atoms with Crippen LogP contribution in [0.4, 0.5) is 5.13 Å². The van der Waals surface area contributed by atoms with E-state index in [2.05, 4.69) is 31.2 Å². The fourth-order valence-corrected chi connectivity index (χ4v) is 8.42. The van der Waals surface area contributed by atoms with Crippen molar-refractivity contribution in [2.24, 2.45) is 5.16 Å². The van der Waals surface area contributed by atoms with Gasteiger partial charge in [-0.1, -0.05) is 29.4 Å². The first-order valence-electron chi connectivity index (χ1n) is 17.7. The van der Waals surface area contributed by atoms with Crippen molar-refractivity contribution in [3.63, 3.8) is 0 Å². The minimum Gasteiger partial charge on any atom is -0.543 e. The van der Waals surface area contributed by atoms with Gasteiger partial charge in [-0.15, -0.1) is 23.1 Å². The lowest BCUT2D eigenvalue weighted by Crippen LogP contribution is -2.71. The SMILES string of the molecule is CC(C)(ON=C(C(=O)N[C@@H]1C(=O)N2C(C(=O)[O-])=C(C[n+]3ccc4c(cnn4Cc4ccc(C(=N)N[C@@H]5CCCNC5)cc4)c3)CS[C@H]12)c1csc(N)n1)C(=O)O. The molecular weight excluding hydrogens is 763 g/mol. The van der Waals surface area contributed by atoms with E-state index in [9.17, 15) is 29.4 Å². The Balaban J connectivity index is 1.02. The number of nitrogens with one attached hydrogen (secondary N) is 4. The second-order valence-electron chi connectivity index (χ2n) is 14.0. The molecule has 0 spiro atoms. The monoisotopic (exact) mass is 801 g/mol. The maximum absolute atomic E-state index is 13.4. The van der Waals surface area contributed by atoms with Crippen LogP contribution in [0.15, 0.2) is 70.7 Å². The number of anilines is 1. The van der Waals surface area contributed by atoms with Crippen LogP contribution in [0.5, 0.6) is 0 Å². The Morgan fingerprint density at radius 3 is 2.70 bits per heavy atom. The number of carbonyl (C=O) groups is 4. The molecule has 0 radical (unpaired) electrons. The first kappa shape index (κ1) is 38.4. The van der Waals surface area contributed by atoms with Crippen molar-refractivity contribution in [3.8, 4) is 0 Å². The van der Waals surface area contributed by atoms with Crippen molar-refractivity contribution in [1.29, 1.82) is 5.41 Å². The van der Waals surface area contributed by atoms with Gasteiger partial charge in [0.25, 0.3) is 11.8 Å². The van der Waals surface area contributed by atoms with Gasteiger partial charge in [0.1, 0.15) is 22.9 Å². The second-order valence-corrected chi connectivity index (χ2v) is 16.0. The number of nitrogen functional groups attached to an aromatic ring is 1. The number of oxime groups is 1. The minimum atomic E-state index is -1.78. The van der Waals surface area contributed by atoms with Crippen molar-refractivity contribution in [2.75, 3.05) is 24.6 Å². The number of aromatic nitrogens is 4. The lowest BCUT2D eigenvalue weighted by atomic mass is 10.0. The number of pyridine rings is 1. The van der Waals surface area contributed by atoms with E-state index in [-0.39, 0.29) is 34.9 Å². The highest BCUT2D eigenvalue weighted by molar-refractivity contribution is 8.00. The summed E-state index contributed by atoms with van der Waals surface area (Å²) in [5, 5.41) is 49.6. The Kier molecular flexibility index (Phi) is 10.8. The molecule has 0 unspecified atom stereocenters. The lowest BCUT2D eigenvalue weighted by molar-refractivity contribution is -0.687. The first-order chi connectivity index (χ1) is 26.8. The molecule has 4 aromatic rings. The highest BCUT2D eigenvalue weighted by atomic mass is 32.2. The average Bonchev–Trinajstić information content (AvgIpc) is 3.79. The third-order valence-corrected chi connectivity index (χ3v) is 11.6. The average molecular weight is 802 g/mol. The third kappa shape index (κ3) is 7.93. The van der Waals surface area contributed by atoms with Crippen molar-refractivity contribution >= 4 is 74.4 Å². The van der Waals surface area contributed by atoms with Crippen LogP contribution in [-0.4, -0.2) is 102 Å². The molecule has 56 heavy (non-hydrogen) atoms. The van der Waals surface area contributed by atoms with Gasteiger partial charge < -0.3 is 41.5 Å². The summed E-state index contributed by atoms with van der Waals surface area (Å²) in [6.07, 6.45) is 7.52. The van der Waals surface area contributed by atoms with Gasteiger partial charge in [-0.2, -0.15) is 5.10 Å². The molecule has 2 amide bonds. The number of amides is 2. The summed E-state index contributed by atoms with van der Waals surface area (Å²) in [5.41, 5.74) is 6.44. The molecule has 7 N–H and O–H groups in total. The highest BCUT2D eigenvalue weighted by Gasteiger charge is 2.53. The highest BCUT2D eigenvalue weighted by Crippen LogP contribution is 2.40. The van der Waals surface area contributed by atoms with Crippen molar-refractivity contribution in [1.82, 2.24) is 35.6 Å². The second kappa shape index (κ2) is 15.7. The van der Waals surface area contributed by atoms with E-state index in [1.807, 2.05) is 52.0 Å². The summed E-state index contributed by atoms with van der Waals surface area (Å²) in [6.45, 7) is 5.01. The summed E-state index contributed by atoms with van der Waals surface area (Å²) in [5.74, 6) is -3.77. The van der Waals surface area contributed by atoms with Crippen LogP contribution in [0.1, 0.15) is 43.5 Å². The van der Waals surface area contributed by atoms with Crippen LogP contribution >= 0.6 is 23.1 Å². The normalized spacial score (nSPS) is 20.0. The fourth-order valence-electron chi connectivity index (χ4n) is 6.54. The van der Waals surface area contributed by atoms with Gasteiger partial charge in [0, 0.05) is 40.9 Å². The largest absolute Gasteiger partial charge is 0.543 e. The Morgan fingerprint density at radius 1 is 1.23 bits per heavy atom. The molecular formula is C36H39N11O7S2. The molecule has 0 aliphatic carbocycles. The molecule has 292 valence electrons. The number of piperidine rings is 1. The number of thioether (sulfide) groups is 1. The summed E-state index contributed by atoms with van der Waals surface area (Å²) in [6, 6.07) is 8.85. The predicted molar refractivity (Wildman–Crippen MR) is 204 cm³/mol. The molecule has 0 saturated carbocycles. The molecule has 2 saturated heterocycles. The Hall–Kier alpha value is -5.86. The number of hydrogen-bond acceptors (Lipinski definition) is 14. The van der Waals surface area contributed by atoms with E-state index in [1.54, 1.807) is 6.20 Å². The van der Waals surface area contributed by atoms with E-state index in [1.165, 1.54) is 31.0 Å². The molecule has 3 atom stereocenters. The molecule has 20 heteroatoms. The maximum Gasteiger partial charge on any atom is 0.350 e. The molecule has 2 fully saturated rings. The van der Waals surface area contributed by atoms with E-state index in [0.717, 1.165) is 64.2 Å². The van der Waals surface area contributed by atoms with Crippen LogP contribution in [0.2, 0.25) is 0 Å². The predicted octanol–water partition coefficient (Wildman–Crippen LogP) is -0.234. The molecule has 3 aliphatic rings. The minimum absolute atomic E-state index is 0.00958. The van der Waals surface area contributed by atoms with E-state index in [4.69, 9.17) is 16.0 Å². The number of fused-ring (bicyclic) bond motifs is 2. The summed E-state index contributed by atoms with van der Waals surface area (Å²) < 4.78 is 3.68. The third-order valence-electron chi connectivity index (χ3n) is 9.62. The molecule has 6 heterocycles. The number of amidine groups is 1. The van der Waals surface area contributed by atoms with Gasteiger partial charge in [0.15, 0.2) is 29.8 Å². The molecule has 3 aromatic heterocycles. The zero-order chi connectivity index (χ0) is 39.7. The van der Waals surface area contributed by atoms with Gasteiger partial charge in [-0.25, -0.2) is 14.3 Å². The molecule has 0 bridgehead atoms. The van der Waals surface area contributed by atoms with E-state index in [0.29, 0.717) is 18.0 Å². The molecule has 3 aliphatic heterocycles. The molecule has 7 rings (SSSR count). The Labute approximate surface area is 328 Å². The summed E-state index contributed by atoms with van der Waals surface area (Å²) in [7, 11) is 0. The van der Waals surface area contributed by atoms with Gasteiger partial charge in [0.2, 0.25) is 5.60 Å². The van der Waals surface area contributed by atoms with Gasteiger partial charge in [0.05, 0.1) is 35.3 Å². The van der Waals surface area contributed by atoms with E-state index < -0.39 is 46.5 Å². The molecule has 18 nitrogen and oxygen atoms in total. The lowest BCUT2D eigenvalue weighted by Gasteiger charge is -2.50. The Bertz CT molecular complexity index is 2280. The number of benzene rings is 1. The van der Waals surface area contributed by atoms with Crippen molar-refractivity contribution in [3.05, 3.63) is 82.4 Å². The summed E-state index contributed by atoms with van der Waals surface area (Å²) >= 11 is 2.30. The van der Waals surface area contributed by atoms with Crippen LogP contribution in [0.25, 0.3) is 10.9 Å².